The average Bonchev–Trinajstić information content (AvgIpc) is 3.01. The quantitative estimate of drug-likeness (QED) is 0.657. The van der Waals surface area contributed by atoms with Gasteiger partial charge in [0.25, 0.3) is 0 Å². The van der Waals surface area contributed by atoms with E-state index in [1.807, 2.05) is 0 Å². The van der Waals surface area contributed by atoms with Gasteiger partial charge < -0.3 is 10.2 Å². The van der Waals surface area contributed by atoms with Gasteiger partial charge in [0, 0.05) is 32.3 Å². The smallest absolute Gasteiger partial charge is 0.239 e. The molecule has 132 valence electrons. The van der Waals surface area contributed by atoms with Gasteiger partial charge >= 0.3 is 0 Å². The van der Waals surface area contributed by atoms with Crippen molar-refractivity contribution in [3.05, 3.63) is 40.9 Å². The topological polar surface area (TPSA) is 80.1 Å². The van der Waals surface area contributed by atoms with Crippen LogP contribution in [-0.4, -0.2) is 45.1 Å². The second-order valence-corrected chi connectivity index (χ2v) is 6.17. The van der Waals surface area contributed by atoms with Crippen LogP contribution in [0.15, 0.2) is 18.2 Å². The van der Waals surface area contributed by atoms with Crippen molar-refractivity contribution in [2.45, 2.75) is 5.92 Å². The molecule has 2 aromatic rings. The van der Waals surface area contributed by atoms with Crippen LogP contribution in [0, 0.1) is 17.8 Å². The lowest BCUT2D eigenvalue weighted by Crippen LogP contribution is -2.33. The summed E-state index contributed by atoms with van der Waals surface area (Å²) >= 11 is 5.89. The molecule has 25 heavy (non-hydrogen) atoms. The van der Waals surface area contributed by atoms with Crippen LogP contribution in [0.25, 0.3) is 0 Å². The minimum Gasteiger partial charge on any atom is -0.344 e. The van der Waals surface area contributed by atoms with Crippen molar-refractivity contribution < 1.29 is 18.4 Å². The van der Waals surface area contributed by atoms with E-state index >= 15 is 0 Å². The van der Waals surface area contributed by atoms with Gasteiger partial charge in [0.1, 0.15) is 5.92 Å². The fourth-order valence-electron chi connectivity index (χ4n) is 2.97. The number of aryl methyl sites for hydroxylation is 1. The number of nitrogens with one attached hydrogen (secondary N) is 1. The number of anilines is 1. The number of rotatable bonds is 3. The van der Waals surface area contributed by atoms with Crippen molar-refractivity contribution in [3.63, 3.8) is 0 Å². The Morgan fingerprint density at radius 1 is 1.36 bits per heavy atom. The van der Waals surface area contributed by atoms with Crippen LogP contribution >= 0.6 is 11.6 Å². The Balaban J connectivity index is 1.90. The molecule has 1 aliphatic heterocycles. The first kappa shape index (κ1) is 17.3. The first-order valence-corrected chi connectivity index (χ1v) is 7.73. The molecule has 0 radical (unpaired) electrons. The highest BCUT2D eigenvalue weighted by atomic mass is 35.5. The number of carbonyl (C=O) groups excluding carboxylic acids is 2. The van der Waals surface area contributed by atoms with E-state index in [-0.39, 0.29) is 17.4 Å². The van der Waals surface area contributed by atoms with E-state index in [2.05, 4.69) is 15.4 Å². The van der Waals surface area contributed by atoms with Gasteiger partial charge in [-0.3, -0.25) is 14.3 Å². The Morgan fingerprint density at radius 2 is 2.08 bits per heavy atom. The van der Waals surface area contributed by atoms with Crippen molar-refractivity contribution in [1.82, 2.24) is 19.7 Å². The van der Waals surface area contributed by atoms with Crippen LogP contribution in [0.1, 0.15) is 11.6 Å². The lowest BCUT2D eigenvalue weighted by molar-refractivity contribution is -0.135. The Labute approximate surface area is 146 Å². The maximum atomic E-state index is 13.7. The molecule has 0 aliphatic carbocycles. The van der Waals surface area contributed by atoms with Gasteiger partial charge in [-0.25, -0.2) is 0 Å². The highest BCUT2D eigenvalue weighted by molar-refractivity contribution is 6.29. The number of carbonyl (C=O) groups is 2. The lowest BCUT2D eigenvalue weighted by Gasteiger charge is -2.16. The van der Waals surface area contributed by atoms with Crippen LogP contribution in [0.2, 0.25) is 5.15 Å². The summed E-state index contributed by atoms with van der Waals surface area (Å²) < 4.78 is 28.0. The summed E-state index contributed by atoms with van der Waals surface area (Å²) in [5.74, 6) is -4.86. The summed E-state index contributed by atoms with van der Waals surface area (Å²) in [4.78, 5) is 29.4. The van der Waals surface area contributed by atoms with Crippen LogP contribution < -0.4 is 5.32 Å². The van der Waals surface area contributed by atoms with Gasteiger partial charge in [-0.15, -0.1) is 0 Å². The monoisotopic (exact) mass is 369 g/mol. The van der Waals surface area contributed by atoms with E-state index in [1.54, 1.807) is 20.2 Å². The van der Waals surface area contributed by atoms with Crippen LogP contribution in [0.4, 0.5) is 14.5 Å². The molecule has 0 spiro atoms. The van der Waals surface area contributed by atoms with E-state index in [0.717, 1.165) is 12.1 Å². The molecule has 1 aliphatic rings. The molecule has 2 atom stereocenters. The zero-order valence-electron chi connectivity index (χ0n) is 13.3. The highest BCUT2D eigenvalue weighted by Gasteiger charge is 2.45. The number of likely N-dealkylation sites (tertiary alicyclic amines) is 1. The number of amides is 2. The van der Waals surface area contributed by atoms with Crippen molar-refractivity contribution in [3.8, 4) is 0 Å². The number of hydrogen-bond acceptors (Lipinski definition) is 4. The van der Waals surface area contributed by atoms with Crippen LogP contribution in [0.5, 0.6) is 0 Å². The fraction of sp³-hybridized carbons (Fsp3) is 0.333. The number of aromatic nitrogens is 3. The SMILES string of the molecule is CN1C[C@H](c2cc(Cl)nn2C)[C@@H](C(=O)Nc2ccc(F)nc2F)C1=O. The molecule has 0 bridgehead atoms. The molecule has 3 rings (SSSR count). The molecule has 1 fully saturated rings. The maximum Gasteiger partial charge on any atom is 0.239 e. The van der Waals surface area contributed by atoms with E-state index in [0.29, 0.717) is 5.69 Å². The number of pyridine rings is 1. The predicted octanol–water partition coefficient (Wildman–Crippen LogP) is 1.56. The maximum absolute atomic E-state index is 13.7. The Kier molecular flexibility index (Phi) is 4.42. The largest absolute Gasteiger partial charge is 0.344 e. The molecule has 3 heterocycles. The van der Waals surface area contributed by atoms with Gasteiger partial charge in [0.2, 0.25) is 23.7 Å². The van der Waals surface area contributed by atoms with Crippen molar-refractivity contribution in [1.29, 1.82) is 0 Å². The fourth-order valence-corrected chi connectivity index (χ4v) is 3.19. The summed E-state index contributed by atoms with van der Waals surface area (Å²) in [6.07, 6.45) is 0. The molecule has 2 amide bonds. The van der Waals surface area contributed by atoms with E-state index in [9.17, 15) is 18.4 Å². The molecule has 0 aromatic carbocycles. The zero-order chi connectivity index (χ0) is 18.3. The number of nitrogens with zero attached hydrogens (tertiary/aromatic N) is 4. The molecule has 0 unspecified atom stereocenters. The average molecular weight is 370 g/mol. The third kappa shape index (κ3) is 3.19. The molecule has 1 saturated heterocycles. The minimum atomic E-state index is -1.16. The van der Waals surface area contributed by atoms with Gasteiger partial charge in [-0.2, -0.15) is 18.9 Å². The lowest BCUT2D eigenvalue weighted by atomic mass is 9.91. The number of halogens is 3. The van der Waals surface area contributed by atoms with Gasteiger partial charge in [0.05, 0.1) is 5.69 Å². The van der Waals surface area contributed by atoms with Crippen molar-refractivity contribution in [2.24, 2.45) is 13.0 Å². The third-order valence-electron chi connectivity index (χ3n) is 4.14. The number of likely N-dealkylation sites (N-methyl/N-ethyl adjacent to an activating group) is 1. The molecule has 2 aromatic heterocycles. The Bertz CT molecular complexity index is 856. The minimum absolute atomic E-state index is 0.243. The summed E-state index contributed by atoms with van der Waals surface area (Å²) in [6, 6.07) is 3.55. The molecular formula is C15H14ClF2N5O2. The summed E-state index contributed by atoms with van der Waals surface area (Å²) in [5.41, 5.74) is 0.316. The van der Waals surface area contributed by atoms with Crippen LogP contribution in [0.3, 0.4) is 0 Å². The van der Waals surface area contributed by atoms with E-state index in [4.69, 9.17) is 11.6 Å². The first-order valence-electron chi connectivity index (χ1n) is 7.35. The van der Waals surface area contributed by atoms with E-state index in [1.165, 1.54) is 9.58 Å². The summed E-state index contributed by atoms with van der Waals surface area (Å²) in [5, 5.41) is 6.56. The highest BCUT2D eigenvalue weighted by Crippen LogP contribution is 2.34. The molecule has 1 N–H and O–H groups in total. The van der Waals surface area contributed by atoms with Crippen molar-refractivity contribution in [2.75, 3.05) is 18.9 Å². The molecular weight excluding hydrogens is 356 g/mol. The van der Waals surface area contributed by atoms with E-state index < -0.39 is 35.5 Å². The normalized spacial score (nSPS) is 20.2. The molecule has 0 saturated carbocycles. The molecule has 10 heteroatoms. The van der Waals surface area contributed by atoms with Gasteiger partial charge in [0.15, 0.2) is 5.15 Å². The zero-order valence-corrected chi connectivity index (χ0v) is 14.1. The van der Waals surface area contributed by atoms with Crippen molar-refractivity contribution >= 4 is 29.1 Å². The van der Waals surface area contributed by atoms with Gasteiger partial charge in [-0.05, 0) is 18.2 Å². The second kappa shape index (κ2) is 6.40. The second-order valence-electron chi connectivity index (χ2n) is 5.78. The molecule has 7 nitrogen and oxygen atoms in total. The third-order valence-corrected chi connectivity index (χ3v) is 4.32. The van der Waals surface area contributed by atoms with Crippen LogP contribution in [-0.2, 0) is 16.6 Å². The Hall–Kier alpha value is -2.55. The summed E-state index contributed by atoms with van der Waals surface area (Å²) in [7, 11) is 3.23. The van der Waals surface area contributed by atoms with Gasteiger partial charge in [-0.1, -0.05) is 11.6 Å². The summed E-state index contributed by atoms with van der Waals surface area (Å²) in [6.45, 7) is 0.289. The predicted molar refractivity (Wildman–Crippen MR) is 84.9 cm³/mol. The first-order chi connectivity index (χ1) is 11.8. The Morgan fingerprint density at radius 3 is 2.68 bits per heavy atom. The standard InChI is InChI=1S/C15H14ClF2N5O2/c1-22-6-7(9-5-10(16)21-23(9)2)12(15(22)25)14(24)19-8-3-4-11(17)20-13(8)18/h3-5,7,12H,6H2,1-2H3,(H,19,24)/t7-,12+/m1/s1. The number of hydrogen-bond donors (Lipinski definition) is 1.